The molecule has 4 saturated heterocycles. The topological polar surface area (TPSA) is 197 Å². The van der Waals surface area contributed by atoms with Gasteiger partial charge in [0.15, 0.2) is 0 Å². The molecule has 0 amide bonds. The van der Waals surface area contributed by atoms with Crippen molar-refractivity contribution in [1.29, 1.82) is 0 Å². The first kappa shape index (κ1) is 36.8. The summed E-state index contributed by atoms with van der Waals surface area (Å²) >= 11 is 4.84. The van der Waals surface area contributed by atoms with Crippen LogP contribution in [-0.2, 0) is 57.0 Å². The van der Waals surface area contributed by atoms with Gasteiger partial charge in [-0.3, -0.25) is 0 Å². The molecule has 0 aromatic rings. The summed E-state index contributed by atoms with van der Waals surface area (Å²) < 4.78 is 19.2. The van der Waals surface area contributed by atoms with Gasteiger partial charge in [-0.1, -0.05) is 0 Å². The van der Waals surface area contributed by atoms with Crippen LogP contribution in [0.25, 0.3) is 0 Å². The van der Waals surface area contributed by atoms with Crippen molar-refractivity contribution in [1.82, 2.24) is 0 Å². The molecule has 4 rings (SSSR count). The fourth-order valence-electron chi connectivity index (χ4n) is 2.65. The number of hydrogen-bond donors (Lipinski definition) is 0. The smallest absolute Gasteiger partial charge is 0.547 e. The molecular weight excluding hydrogens is 656 g/mol. The van der Waals surface area contributed by atoms with E-state index < -0.39 is 48.3 Å². The molecule has 210 valence electrons. The van der Waals surface area contributed by atoms with Crippen molar-refractivity contribution in [3.8, 4) is 0 Å². The van der Waals surface area contributed by atoms with Crippen molar-refractivity contribution < 1.29 is 77.4 Å². The number of carboxylic acids is 4. The van der Waals surface area contributed by atoms with E-state index >= 15 is 0 Å². The first-order chi connectivity index (χ1) is 17.2. The summed E-state index contributed by atoms with van der Waals surface area (Å²) in [4.78, 5) is 40.4. The molecule has 12 nitrogen and oxygen atoms in total. The minimum absolute atomic E-state index is 0. The van der Waals surface area contributed by atoms with Crippen LogP contribution in [0.3, 0.4) is 0 Å². The van der Waals surface area contributed by atoms with Crippen LogP contribution in [0.2, 0.25) is 0 Å². The summed E-state index contributed by atoms with van der Waals surface area (Å²) in [5, 5.41) is 40.4. The Morgan fingerprint density at radius 3 is 0.730 bits per heavy atom. The number of rotatable bonds is 4. The van der Waals surface area contributed by atoms with Crippen LogP contribution in [0.4, 0.5) is 0 Å². The maximum absolute atomic E-state index is 10.1. The van der Waals surface area contributed by atoms with Gasteiger partial charge >= 0.3 is 21.1 Å². The fourth-order valence-corrected chi connectivity index (χ4v) is 5.53. The molecule has 0 aromatic carbocycles. The molecule has 17 heteroatoms. The van der Waals surface area contributed by atoms with E-state index in [4.69, 9.17) is 16.7 Å². The van der Waals surface area contributed by atoms with Gasteiger partial charge in [0.25, 0.3) is 0 Å². The van der Waals surface area contributed by atoms with Gasteiger partial charge in [-0.15, -0.1) is 0 Å². The summed E-state index contributed by atoms with van der Waals surface area (Å²) in [5.74, 6) is -0.810. The van der Waals surface area contributed by atoms with Gasteiger partial charge < -0.3 is 56.3 Å². The van der Waals surface area contributed by atoms with E-state index in [-0.39, 0.29) is 21.1 Å². The third kappa shape index (κ3) is 17.9. The van der Waals surface area contributed by atoms with Crippen molar-refractivity contribution in [2.75, 3.05) is 23.0 Å². The zero-order valence-corrected chi connectivity index (χ0v) is 25.0. The molecule has 4 aliphatic rings. The first-order valence-electron chi connectivity index (χ1n) is 11.2. The van der Waals surface area contributed by atoms with Crippen LogP contribution in [0.5, 0.6) is 0 Å². The Kier molecular flexibility index (Phi) is 22.5. The average molecular weight is 685 g/mol. The predicted octanol–water partition coefficient (Wildman–Crippen LogP) is -1.75. The average Bonchev–Trinajstić information content (AvgIpc) is 2.92. The van der Waals surface area contributed by atoms with Gasteiger partial charge in [-0.2, -0.15) is 0 Å². The quantitative estimate of drug-likeness (QED) is 0.239. The summed E-state index contributed by atoms with van der Waals surface area (Å²) in [6.07, 6.45) is 3.29. The molecule has 4 fully saturated rings. The van der Waals surface area contributed by atoms with Gasteiger partial charge in [0.05, 0.1) is 23.9 Å². The first-order valence-corrected chi connectivity index (χ1v) is 14.8. The van der Waals surface area contributed by atoms with Crippen molar-refractivity contribution >= 4 is 72.0 Å². The SMILES string of the molecule is O=C([O-])C1CCCSO1.O=C([O-])C1CCCSO1.O=C([O-])C1CCCSO1.O=C([O-])C1CCCSO1.[Mo+4]. The molecule has 0 N–H and O–H groups in total. The Labute approximate surface area is 247 Å². The van der Waals surface area contributed by atoms with E-state index in [1.165, 1.54) is 48.2 Å². The molecule has 0 aromatic heterocycles. The van der Waals surface area contributed by atoms with Crippen LogP contribution in [0, 0.1) is 0 Å². The van der Waals surface area contributed by atoms with Crippen LogP contribution >= 0.6 is 48.2 Å². The van der Waals surface area contributed by atoms with Gasteiger partial charge in [-0.25, -0.2) is 0 Å². The molecule has 0 radical (unpaired) electrons. The Balaban J connectivity index is 0.000000463. The molecule has 4 heterocycles. The van der Waals surface area contributed by atoms with E-state index in [1.54, 1.807) is 0 Å². The summed E-state index contributed by atoms with van der Waals surface area (Å²) in [7, 11) is 0. The summed E-state index contributed by atoms with van der Waals surface area (Å²) in [6.45, 7) is 0. The maximum Gasteiger partial charge on any atom is 4.00 e. The number of carboxylic acid groups (broad SMARTS) is 4. The van der Waals surface area contributed by atoms with Crippen LogP contribution in [0.15, 0.2) is 0 Å². The molecule has 0 spiro atoms. The van der Waals surface area contributed by atoms with E-state index in [1.807, 2.05) is 0 Å². The number of carbonyl (C=O) groups excluding carboxylic acids is 4. The largest absolute Gasteiger partial charge is 4.00 e. The Morgan fingerprint density at radius 1 is 0.459 bits per heavy atom. The van der Waals surface area contributed by atoms with Gasteiger partial charge in [0.1, 0.15) is 24.4 Å². The third-order valence-electron chi connectivity index (χ3n) is 4.56. The second-order valence-corrected chi connectivity index (χ2v) is 10.8. The normalized spacial score (nSPS) is 27.0. The molecule has 0 saturated carbocycles. The second-order valence-electron chi connectivity index (χ2n) is 7.47. The number of hydrogen-bond acceptors (Lipinski definition) is 16. The van der Waals surface area contributed by atoms with E-state index in [9.17, 15) is 39.6 Å². The zero-order chi connectivity index (χ0) is 26.8. The fraction of sp³-hybridized carbons (Fsp3) is 0.800. The molecule has 4 aliphatic heterocycles. The van der Waals surface area contributed by atoms with E-state index in [2.05, 4.69) is 0 Å². The molecule has 37 heavy (non-hydrogen) atoms. The third-order valence-corrected chi connectivity index (χ3v) is 7.86. The van der Waals surface area contributed by atoms with Crippen molar-refractivity contribution in [2.45, 2.75) is 75.8 Å². The minimum Gasteiger partial charge on any atom is -0.547 e. The van der Waals surface area contributed by atoms with Gasteiger partial charge in [-0.05, 0) is 99.5 Å². The Bertz CT molecular complexity index is 554. The van der Waals surface area contributed by atoms with Gasteiger partial charge in [0, 0.05) is 23.0 Å². The van der Waals surface area contributed by atoms with Crippen LogP contribution in [0.1, 0.15) is 51.4 Å². The Morgan fingerprint density at radius 2 is 0.649 bits per heavy atom. The standard InChI is InChI=1S/4C5H8O3S.Mo/c4*6-5(7)4-2-1-3-9-8-4;/h4*4H,1-3H2,(H,6,7);/q;;;;+4/p-4. The van der Waals surface area contributed by atoms with Crippen LogP contribution < -0.4 is 20.4 Å². The molecule has 0 aliphatic carbocycles. The van der Waals surface area contributed by atoms with Crippen LogP contribution in [-0.4, -0.2) is 71.3 Å². The van der Waals surface area contributed by atoms with Crippen molar-refractivity contribution in [3.05, 3.63) is 0 Å². The molecular formula is C20H28MoO12S4. The predicted molar refractivity (Wildman–Crippen MR) is 126 cm³/mol. The number of aliphatic carboxylic acids is 4. The monoisotopic (exact) mass is 686 g/mol. The summed E-state index contributed by atoms with van der Waals surface area (Å²) in [6, 6.07) is 0. The number of carbonyl (C=O) groups is 4. The van der Waals surface area contributed by atoms with E-state index in [0.29, 0.717) is 25.7 Å². The zero-order valence-electron chi connectivity index (χ0n) is 19.7. The summed E-state index contributed by atoms with van der Waals surface area (Å²) in [5.41, 5.74) is 0. The van der Waals surface area contributed by atoms with Gasteiger partial charge in [0.2, 0.25) is 0 Å². The maximum atomic E-state index is 10.1. The second kappa shape index (κ2) is 22.6. The molecule has 4 atom stereocenters. The minimum atomic E-state index is -1.10. The Hall–Kier alpha value is -0.192. The van der Waals surface area contributed by atoms with Crippen molar-refractivity contribution in [3.63, 3.8) is 0 Å². The van der Waals surface area contributed by atoms with Crippen molar-refractivity contribution in [2.24, 2.45) is 0 Å². The molecule has 0 bridgehead atoms. The van der Waals surface area contributed by atoms with E-state index in [0.717, 1.165) is 48.7 Å². The molecule has 4 unspecified atom stereocenters.